The fourth-order valence-electron chi connectivity index (χ4n) is 2.15. The van der Waals surface area contributed by atoms with E-state index in [0.717, 1.165) is 10.1 Å². The lowest BCUT2D eigenvalue weighted by molar-refractivity contribution is -0.143. The summed E-state index contributed by atoms with van der Waals surface area (Å²) in [6.07, 6.45) is 0.416. The molecular formula is C17H19N5O7. The molecule has 0 saturated heterocycles. The maximum absolute atomic E-state index is 12.0. The molecule has 2 aromatic rings. The topological polar surface area (TPSA) is 175 Å². The van der Waals surface area contributed by atoms with Crippen molar-refractivity contribution in [3.05, 3.63) is 58.6 Å². The molecule has 1 heterocycles. The third-order valence-electron chi connectivity index (χ3n) is 3.53. The molecule has 0 bridgehead atoms. The first-order valence-corrected chi connectivity index (χ1v) is 8.28. The maximum Gasteiger partial charge on any atom is 0.413 e. The van der Waals surface area contributed by atoms with Crippen LogP contribution in [0.25, 0.3) is 0 Å². The molecule has 12 heteroatoms. The number of nitrogens with one attached hydrogen (secondary N) is 2. The second-order valence-electron chi connectivity index (χ2n) is 5.70. The molecule has 5 N–H and O–H groups in total. The lowest BCUT2D eigenvalue weighted by Gasteiger charge is -2.13. The maximum atomic E-state index is 12.0. The molecule has 0 unspecified atom stereocenters. The van der Waals surface area contributed by atoms with Crippen LogP contribution < -0.4 is 22.2 Å². The van der Waals surface area contributed by atoms with Crippen LogP contribution in [0.15, 0.2) is 47.4 Å². The standard InChI is InChI=1S/C17H19N5O7/c18-29-10-12(15(24)25)19-14(23)8-22-7-6-13(20-16(22)26)21-17(27)28-9-11-4-2-1-3-5-11/h1-7,12H,8-10,18H2,(H,19,23)(H,24,25)(H,20,21,26,27)/t12-/m0/s1. The van der Waals surface area contributed by atoms with Crippen LogP contribution in [0.1, 0.15) is 5.56 Å². The zero-order valence-corrected chi connectivity index (χ0v) is 15.1. The van der Waals surface area contributed by atoms with Gasteiger partial charge in [0.2, 0.25) is 5.91 Å². The Kier molecular flexibility index (Phi) is 7.82. The number of ether oxygens (including phenoxy) is 1. The van der Waals surface area contributed by atoms with E-state index in [-0.39, 0.29) is 12.4 Å². The van der Waals surface area contributed by atoms with Gasteiger partial charge in [-0.2, -0.15) is 4.98 Å². The van der Waals surface area contributed by atoms with Gasteiger partial charge in [-0.05, 0) is 11.6 Å². The van der Waals surface area contributed by atoms with Gasteiger partial charge in [-0.15, -0.1) is 0 Å². The number of rotatable bonds is 9. The predicted octanol–water partition coefficient (Wildman–Crippen LogP) is -0.548. The quantitative estimate of drug-likeness (QED) is 0.399. The minimum atomic E-state index is -1.36. The average Bonchev–Trinajstić information content (AvgIpc) is 2.69. The van der Waals surface area contributed by atoms with Crippen LogP contribution in [0.3, 0.4) is 0 Å². The molecule has 0 aliphatic heterocycles. The molecule has 0 fully saturated rings. The number of amides is 2. The summed E-state index contributed by atoms with van der Waals surface area (Å²) in [5.41, 5.74) is -0.0419. The van der Waals surface area contributed by atoms with E-state index in [2.05, 4.69) is 20.5 Å². The van der Waals surface area contributed by atoms with Crippen molar-refractivity contribution in [2.45, 2.75) is 19.2 Å². The molecule has 12 nitrogen and oxygen atoms in total. The molecule has 0 radical (unpaired) electrons. The monoisotopic (exact) mass is 405 g/mol. The normalized spacial score (nSPS) is 11.3. The van der Waals surface area contributed by atoms with E-state index >= 15 is 0 Å². The molecule has 1 aromatic carbocycles. The Bertz CT molecular complexity index is 916. The van der Waals surface area contributed by atoms with Crippen molar-refractivity contribution in [2.75, 3.05) is 11.9 Å². The molecule has 0 aliphatic carbocycles. The van der Waals surface area contributed by atoms with Crippen LogP contribution in [-0.4, -0.2) is 45.3 Å². The zero-order chi connectivity index (χ0) is 21.2. The van der Waals surface area contributed by atoms with Gasteiger partial charge in [0, 0.05) is 6.20 Å². The molecule has 0 saturated carbocycles. The first kappa shape index (κ1) is 21.5. The van der Waals surface area contributed by atoms with Gasteiger partial charge >= 0.3 is 17.8 Å². The van der Waals surface area contributed by atoms with Gasteiger partial charge in [-0.1, -0.05) is 30.3 Å². The molecular weight excluding hydrogens is 386 g/mol. The number of benzene rings is 1. The Labute approximate surface area is 164 Å². The largest absolute Gasteiger partial charge is 0.480 e. The Morgan fingerprint density at radius 1 is 1.21 bits per heavy atom. The fourth-order valence-corrected chi connectivity index (χ4v) is 2.15. The molecule has 2 rings (SSSR count). The number of nitrogens with two attached hydrogens (primary N) is 1. The highest BCUT2D eigenvalue weighted by Crippen LogP contribution is 2.03. The molecule has 0 aliphatic rings. The number of carboxylic acids is 1. The van der Waals surface area contributed by atoms with E-state index < -0.39 is 42.9 Å². The number of carbonyl (C=O) groups is 3. The summed E-state index contributed by atoms with van der Waals surface area (Å²) in [7, 11) is 0. The summed E-state index contributed by atoms with van der Waals surface area (Å²) in [5, 5.41) is 13.4. The minimum absolute atomic E-state index is 0.0428. The van der Waals surface area contributed by atoms with Crippen LogP contribution >= 0.6 is 0 Å². The van der Waals surface area contributed by atoms with E-state index in [1.54, 1.807) is 24.3 Å². The number of hydrogen-bond acceptors (Lipinski definition) is 8. The van der Waals surface area contributed by atoms with Gasteiger partial charge in [-0.25, -0.2) is 20.3 Å². The number of anilines is 1. The minimum Gasteiger partial charge on any atom is -0.480 e. The highest BCUT2D eigenvalue weighted by atomic mass is 16.6. The van der Waals surface area contributed by atoms with Crippen LogP contribution in [-0.2, 0) is 32.3 Å². The van der Waals surface area contributed by atoms with E-state index in [1.165, 1.54) is 12.3 Å². The summed E-state index contributed by atoms with van der Waals surface area (Å²) >= 11 is 0. The van der Waals surface area contributed by atoms with Crippen LogP contribution in [0, 0.1) is 0 Å². The Morgan fingerprint density at radius 2 is 1.93 bits per heavy atom. The van der Waals surface area contributed by atoms with Gasteiger partial charge in [0.15, 0.2) is 6.04 Å². The highest BCUT2D eigenvalue weighted by molar-refractivity contribution is 5.84. The molecule has 0 spiro atoms. The lowest BCUT2D eigenvalue weighted by atomic mass is 10.2. The number of aromatic nitrogens is 2. The number of nitrogens with zero attached hydrogens (tertiary/aromatic N) is 2. The summed E-state index contributed by atoms with van der Waals surface area (Å²) in [6, 6.07) is 8.92. The molecule has 154 valence electrons. The van der Waals surface area contributed by atoms with Crippen LogP contribution in [0.2, 0.25) is 0 Å². The van der Waals surface area contributed by atoms with Crippen molar-refractivity contribution in [2.24, 2.45) is 5.90 Å². The van der Waals surface area contributed by atoms with Crippen LogP contribution in [0.5, 0.6) is 0 Å². The van der Waals surface area contributed by atoms with Crippen molar-refractivity contribution < 1.29 is 29.1 Å². The fraction of sp³-hybridized carbons (Fsp3) is 0.235. The summed E-state index contributed by atoms with van der Waals surface area (Å²) in [6.45, 7) is -0.887. The Balaban J connectivity index is 1.90. The second kappa shape index (κ2) is 10.5. The second-order valence-corrected chi connectivity index (χ2v) is 5.70. The van der Waals surface area contributed by atoms with Crippen LogP contribution in [0.4, 0.5) is 10.6 Å². The summed E-state index contributed by atoms with van der Waals surface area (Å²) in [5.74, 6) is 2.63. The van der Waals surface area contributed by atoms with E-state index in [1.807, 2.05) is 6.07 Å². The Hall–Kier alpha value is -3.77. The molecule has 1 atom stereocenters. The third-order valence-corrected chi connectivity index (χ3v) is 3.53. The zero-order valence-electron chi connectivity index (χ0n) is 15.1. The Morgan fingerprint density at radius 3 is 2.55 bits per heavy atom. The van der Waals surface area contributed by atoms with Crippen molar-refractivity contribution in [3.8, 4) is 0 Å². The predicted molar refractivity (Wildman–Crippen MR) is 98.5 cm³/mol. The van der Waals surface area contributed by atoms with E-state index in [4.69, 9.17) is 15.7 Å². The number of carbonyl (C=O) groups excluding carboxylic acids is 2. The van der Waals surface area contributed by atoms with Gasteiger partial charge < -0.3 is 20.0 Å². The molecule has 2 amide bonds. The third kappa shape index (κ3) is 7.04. The first-order valence-electron chi connectivity index (χ1n) is 8.28. The van der Waals surface area contributed by atoms with Gasteiger partial charge in [0.05, 0.1) is 6.61 Å². The van der Waals surface area contributed by atoms with Crippen molar-refractivity contribution >= 4 is 23.8 Å². The van der Waals surface area contributed by atoms with Gasteiger partial charge in [0.1, 0.15) is 19.0 Å². The van der Waals surface area contributed by atoms with E-state index in [0.29, 0.717) is 0 Å². The van der Waals surface area contributed by atoms with Gasteiger partial charge in [-0.3, -0.25) is 14.7 Å². The van der Waals surface area contributed by atoms with Gasteiger partial charge in [0.25, 0.3) is 0 Å². The smallest absolute Gasteiger partial charge is 0.413 e. The SMILES string of the molecule is NOC[C@H](NC(=O)Cn1ccc(NC(=O)OCc2ccccc2)nc1=O)C(=O)O. The number of aliphatic carboxylic acids is 1. The number of carboxylic acid groups (broad SMARTS) is 1. The average molecular weight is 405 g/mol. The highest BCUT2D eigenvalue weighted by Gasteiger charge is 2.20. The molecule has 1 aromatic heterocycles. The van der Waals surface area contributed by atoms with Crippen molar-refractivity contribution in [1.82, 2.24) is 14.9 Å². The summed E-state index contributed by atoms with van der Waals surface area (Å²) in [4.78, 5) is 54.5. The van der Waals surface area contributed by atoms with E-state index in [9.17, 15) is 19.2 Å². The van der Waals surface area contributed by atoms with Crippen molar-refractivity contribution in [1.29, 1.82) is 0 Å². The molecule has 29 heavy (non-hydrogen) atoms. The van der Waals surface area contributed by atoms with Crippen molar-refractivity contribution in [3.63, 3.8) is 0 Å². The lowest BCUT2D eigenvalue weighted by Crippen LogP contribution is -2.46. The summed E-state index contributed by atoms with van der Waals surface area (Å²) < 4.78 is 5.94. The number of hydrogen-bond donors (Lipinski definition) is 4. The first-order chi connectivity index (χ1) is 13.9.